The number of hydrogen-bond donors (Lipinski definition) is 3. The van der Waals surface area contributed by atoms with Gasteiger partial charge in [-0.1, -0.05) is 36.4 Å². The van der Waals surface area contributed by atoms with Gasteiger partial charge in [0.05, 0.1) is 13.2 Å². The minimum absolute atomic E-state index is 0. The second kappa shape index (κ2) is 13.9. The number of nitrogens with two attached hydrogens (primary N) is 1. The maximum absolute atomic E-state index is 10.9. The highest BCUT2D eigenvalue weighted by atomic mass is 127. The Kier molecular flexibility index (Phi) is 11.3. The number of carbonyl (C=O) groups excluding carboxylic acids is 1. The largest absolute Gasteiger partial charge is 0.484 e. The van der Waals surface area contributed by atoms with Gasteiger partial charge in [0.1, 0.15) is 5.75 Å². The summed E-state index contributed by atoms with van der Waals surface area (Å²) in [5, 5.41) is 6.71. The average molecular weight is 553 g/mol. The van der Waals surface area contributed by atoms with E-state index in [2.05, 4.69) is 44.8 Å². The van der Waals surface area contributed by atoms with E-state index in [1.165, 1.54) is 11.1 Å². The van der Waals surface area contributed by atoms with E-state index in [9.17, 15) is 4.79 Å². The lowest BCUT2D eigenvalue weighted by molar-refractivity contribution is -0.119. The van der Waals surface area contributed by atoms with Gasteiger partial charge in [-0.3, -0.25) is 14.7 Å². The molecule has 0 saturated carbocycles. The van der Waals surface area contributed by atoms with Crippen LogP contribution in [0.15, 0.2) is 53.5 Å². The van der Waals surface area contributed by atoms with Crippen LogP contribution in [0.5, 0.6) is 5.75 Å². The number of aliphatic imine (C=N–C) groups is 1. The summed E-state index contributed by atoms with van der Waals surface area (Å²) in [7, 11) is 1.75. The lowest BCUT2D eigenvalue weighted by Crippen LogP contribution is -2.37. The number of ether oxygens (including phenoxy) is 2. The molecular weight excluding hydrogens is 521 g/mol. The van der Waals surface area contributed by atoms with Crippen LogP contribution >= 0.6 is 24.0 Å². The molecule has 1 amide bonds. The molecule has 0 aliphatic carbocycles. The number of benzene rings is 2. The van der Waals surface area contributed by atoms with E-state index in [0.29, 0.717) is 24.8 Å². The van der Waals surface area contributed by atoms with Crippen molar-refractivity contribution in [2.75, 3.05) is 40.0 Å². The Bertz CT molecular complexity index is 887. The number of nitrogens with one attached hydrogen (secondary N) is 2. The van der Waals surface area contributed by atoms with Crippen molar-refractivity contribution in [2.45, 2.75) is 19.6 Å². The minimum Gasteiger partial charge on any atom is -0.484 e. The van der Waals surface area contributed by atoms with E-state index in [-0.39, 0.29) is 30.6 Å². The lowest BCUT2D eigenvalue weighted by Gasteiger charge is -2.27. The molecule has 0 atom stereocenters. The number of carbonyl (C=O) groups is 1. The van der Waals surface area contributed by atoms with Crippen molar-refractivity contribution in [1.82, 2.24) is 15.5 Å². The summed E-state index contributed by atoms with van der Waals surface area (Å²) in [6.07, 6.45) is 0. The van der Waals surface area contributed by atoms with E-state index in [1.807, 2.05) is 18.2 Å². The van der Waals surface area contributed by atoms with Crippen LogP contribution in [0.3, 0.4) is 0 Å². The smallest absolute Gasteiger partial charge is 0.255 e. The number of halogens is 1. The van der Waals surface area contributed by atoms with Crippen LogP contribution in [0.2, 0.25) is 0 Å². The second-order valence-corrected chi connectivity index (χ2v) is 7.34. The topological polar surface area (TPSA) is 101 Å². The third-order valence-corrected chi connectivity index (χ3v) is 5.03. The summed E-state index contributed by atoms with van der Waals surface area (Å²) in [4.78, 5) is 17.6. The first kappa shape index (κ1) is 25.9. The number of amides is 1. The number of morpholine rings is 1. The Hall–Kier alpha value is -2.37. The highest BCUT2D eigenvalue weighted by Gasteiger charge is 2.13. The Morgan fingerprint density at radius 3 is 2.53 bits per heavy atom. The van der Waals surface area contributed by atoms with Crippen LogP contribution in [0.4, 0.5) is 0 Å². The molecule has 0 bridgehead atoms. The molecule has 0 spiro atoms. The SMILES string of the molecule is CN=C(NCc1cccc(OCC(N)=O)c1)NCc1ccccc1CN1CCOCC1.I. The minimum atomic E-state index is -0.498. The van der Waals surface area contributed by atoms with Gasteiger partial charge >= 0.3 is 0 Å². The summed E-state index contributed by atoms with van der Waals surface area (Å²) in [5.74, 6) is 0.824. The van der Waals surface area contributed by atoms with Gasteiger partial charge in [-0.2, -0.15) is 0 Å². The van der Waals surface area contributed by atoms with Crippen molar-refractivity contribution >= 4 is 35.8 Å². The van der Waals surface area contributed by atoms with Crippen LogP contribution in [0, 0.1) is 0 Å². The molecule has 0 radical (unpaired) electrons. The summed E-state index contributed by atoms with van der Waals surface area (Å²) in [6, 6.07) is 16.0. The van der Waals surface area contributed by atoms with Gasteiger partial charge in [-0.25, -0.2) is 0 Å². The molecule has 1 saturated heterocycles. The van der Waals surface area contributed by atoms with Crippen LogP contribution in [0.25, 0.3) is 0 Å². The Morgan fingerprint density at radius 2 is 1.81 bits per heavy atom. The van der Waals surface area contributed by atoms with E-state index < -0.39 is 5.91 Å². The van der Waals surface area contributed by atoms with Crippen molar-refractivity contribution in [1.29, 1.82) is 0 Å². The molecule has 9 heteroatoms. The zero-order chi connectivity index (χ0) is 21.9. The monoisotopic (exact) mass is 553 g/mol. The van der Waals surface area contributed by atoms with Crippen LogP contribution < -0.4 is 21.1 Å². The first-order valence-electron chi connectivity index (χ1n) is 10.5. The number of guanidine groups is 1. The van der Waals surface area contributed by atoms with E-state index in [4.69, 9.17) is 15.2 Å². The summed E-state index contributed by atoms with van der Waals surface area (Å²) in [5.41, 5.74) is 8.70. The molecule has 1 fully saturated rings. The van der Waals surface area contributed by atoms with Crippen LogP contribution in [0.1, 0.15) is 16.7 Å². The molecule has 0 aromatic heterocycles. The standard InChI is InChI=1S/C23H31N5O3.HI/c1-25-23(26-14-18-5-4-8-21(13-18)31-17-22(24)29)27-15-19-6-2-3-7-20(19)16-28-9-11-30-12-10-28;/h2-8,13H,9-12,14-17H2,1H3,(H2,24,29)(H2,25,26,27);1H. The third-order valence-electron chi connectivity index (χ3n) is 5.03. The highest BCUT2D eigenvalue weighted by molar-refractivity contribution is 14.0. The van der Waals surface area contributed by atoms with Gasteiger partial charge < -0.3 is 25.8 Å². The molecule has 1 heterocycles. The summed E-state index contributed by atoms with van der Waals surface area (Å²) >= 11 is 0. The first-order valence-corrected chi connectivity index (χ1v) is 10.5. The molecule has 2 aromatic rings. The van der Waals surface area contributed by atoms with Gasteiger partial charge in [0.25, 0.3) is 5.91 Å². The van der Waals surface area contributed by atoms with Crippen LogP contribution in [-0.4, -0.2) is 56.7 Å². The van der Waals surface area contributed by atoms with Crippen molar-refractivity contribution in [3.8, 4) is 5.75 Å². The fourth-order valence-electron chi connectivity index (χ4n) is 3.37. The predicted molar refractivity (Wildman–Crippen MR) is 136 cm³/mol. The summed E-state index contributed by atoms with van der Waals surface area (Å²) in [6.45, 7) is 5.57. The van der Waals surface area contributed by atoms with E-state index >= 15 is 0 Å². The van der Waals surface area contributed by atoms with Crippen molar-refractivity contribution in [3.63, 3.8) is 0 Å². The van der Waals surface area contributed by atoms with E-state index in [1.54, 1.807) is 13.1 Å². The van der Waals surface area contributed by atoms with Gasteiger partial charge in [-0.15, -0.1) is 24.0 Å². The highest BCUT2D eigenvalue weighted by Crippen LogP contribution is 2.14. The van der Waals surface area contributed by atoms with E-state index in [0.717, 1.165) is 38.4 Å². The van der Waals surface area contributed by atoms with Gasteiger partial charge in [0.2, 0.25) is 0 Å². The normalized spacial score (nSPS) is 14.3. The van der Waals surface area contributed by atoms with Crippen molar-refractivity contribution in [2.24, 2.45) is 10.7 Å². The maximum atomic E-state index is 10.9. The zero-order valence-corrected chi connectivity index (χ0v) is 20.7. The van der Waals surface area contributed by atoms with Crippen molar-refractivity contribution in [3.05, 3.63) is 65.2 Å². The Balaban J connectivity index is 0.00000363. The van der Waals surface area contributed by atoms with Crippen molar-refractivity contribution < 1.29 is 14.3 Å². The molecule has 32 heavy (non-hydrogen) atoms. The quantitative estimate of drug-likeness (QED) is 0.249. The first-order chi connectivity index (χ1) is 15.1. The van der Waals surface area contributed by atoms with Gasteiger partial charge in [-0.05, 0) is 28.8 Å². The average Bonchev–Trinajstić information content (AvgIpc) is 2.80. The Morgan fingerprint density at radius 1 is 1.09 bits per heavy atom. The molecule has 1 aliphatic rings. The predicted octanol–water partition coefficient (Wildman–Crippen LogP) is 1.87. The Labute approximate surface area is 206 Å². The maximum Gasteiger partial charge on any atom is 0.255 e. The molecule has 3 rings (SSSR count). The number of rotatable bonds is 9. The van der Waals surface area contributed by atoms with Crippen LogP contribution in [-0.2, 0) is 29.2 Å². The zero-order valence-electron chi connectivity index (χ0n) is 18.4. The molecule has 8 nitrogen and oxygen atoms in total. The fraction of sp³-hybridized carbons (Fsp3) is 0.391. The summed E-state index contributed by atoms with van der Waals surface area (Å²) < 4.78 is 10.8. The molecule has 4 N–H and O–H groups in total. The lowest BCUT2D eigenvalue weighted by atomic mass is 10.1. The second-order valence-electron chi connectivity index (χ2n) is 7.34. The number of hydrogen-bond acceptors (Lipinski definition) is 5. The van der Waals surface area contributed by atoms with Gasteiger partial charge in [0, 0.05) is 39.8 Å². The van der Waals surface area contributed by atoms with Gasteiger partial charge in [0.15, 0.2) is 12.6 Å². The fourth-order valence-corrected chi connectivity index (χ4v) is 3.37. The molecule has 1 aliphatic heterocycles. The number of nitrogens with zero attached hydrogens (tertiary/aromatic N) is 2. The number of primary amides is 1. The third kappa shape index (κ3) is 8.64. The molecule has 174 valence electrons. The molecule has 2 aromatic carbocycles. The molecule has 0 unspecified atom stereocenters. The molecular formula is C23H32IN5O3.